The van der Waals surface area contributed by atoms with Gasteiger partial charge >= 0.3 is 0 Å². The maximum atomic E-state index is 12.3. The Morgan fingerprint density at radius 2 is 2.32 bits per heavy atom. The van der Waals surface area contributed by atoms with E-state index < -0.39 is 0 Å². The minimum absolute atomic E-state index is 0.0950. The lowest BCUT2D eigenvalue weighted by molar-refractivity contribution is -0.125. The molecule has 22 heavy (non-hydrogen) atoms. The minimum atomic E-state index is 0.0950. The molecule has 1 unspecified atom stereocenters. The van der Waals surface area contributed by atoms with Crippen molar-refractivity contribution in [3.05, 3.63) is 24.3 Å². The third-order valence-corrected chi connectivity index (χ3v) is 5.27. The molecular weight excluding hydrogens is 294 g/mol. The van der Waals surface area contributed by atoms with Crippen molar-refractivity contribution >= 4 is 32.6 Å². The highest BCUT2D eigenvalue weighted by atomic mass is 32.1. The Balaban J connectivity index is 1.66. The quantitative estimate of drug-likeness (QED) is 0.859. The summed E-state index contributed by atoms with van der Waals surface area (Å²) in [4.78, 5) is 19.3. The van der Waals surface area contributed by atoms with Gasteiger partial charge in [0.15, 0.2) is 5.13 Å². The van der Waals surface area contributed by atoms with Gasteiger partial charge in [-0.05, 0) is 31.4 Å². The number of benzene rings is 1. The predicted molar refractivity (Wildman–Crippen MR) is 92.5 cm³/mol. The van der Waals surface area contributed by atoms with Crippen LogP contribution in [0.4, 0.5) is 5.13 Å². The minimum Gasteiger partial charge on any atom is -0.356 e. The third-order valence-electron chi connectivity index (χ3n) is 4.17. The van der Waals surface area contributed by atoms with Crippen molar-refractivity contribution in [2.75, 3.05) is 24.5 Å². The molecule has 2 heterocycles. The molecule has 0 radical (unpaired) electrons. The van der Waals surface area contributed by atoms with E-state index in [1.54, 1.807) is 11.3 Å². The van der Waals surface area contributed by atoms with Crippen LogP contribution in [0.3, 0.4) is 0 Å². The van der Waals surface area contributed by atoms with Crippen LogP contribution in [-0.2, 0) is 4.79 Å². The lowest BCUT2D eigenvalue weighted by Crippen LogP contribution is -2.43. The first-order valence-electron chi connectivity index (χ1n) is 8.16. The fourth-order valence-corrected chi connectivity index (χ4v) is 3.89. The van der Waals surface area contributed by atoms with E-state index in [1.807, 2.05) is 18.2 Å². The van der Waals surface area contributed by atoms with Crippen LogP contribution >= 0.6 is 11.3 Å². The molecule has 0 bridgehead atoms. The molecule has 5 heteroatoms. The number of rotatable bonds is 5. The fraction of sp³-hybridized carbons (Fsp3) is 0.529. The van der Waals surface area contributed by atoms with E-state index in [1.165, 1.54) is 4.70 Å². The highest BCUT2D eigenvalue weighted by Crippen LogP contribution is 2.31. The summed E-state index contributed by atoms with van der Waals surface area (Å²) in [5, 5.41) is 4.12. The number of carbonyl (C=O) groups excluding carboxylic acids is 1. The zero-order valence-electron chi connectivity index (χ0n) is 13.0. The van der Waals surface area contributed by atoms with Gasteiger partial charge in [-0.1, -0.05) is 36.8 Å². The van der Waals surface area contributed by atoms with Gasteiger partial charge in [0.1, 0.15) is 0 Å². The Morgan fingerprint density at radius 3 is 3.14 bits per heavy atom. The van der Waals surface area contributed by atoms with E-state index in [0.717, 1.165) is 56.0 Å². The zero-order valence-corrected chi connectivity index (χ0v) is 13.9. The average Bonchev–Trinajstić information content (AvgIpc) is 2.99. The zero-order chi connectivity index (χ0) is 15.4. The summed E-state index contributed by atoms with van der Waals surface area (Å²) in [6.07, 6.45) is 4.21. The van der Waals surface area contributed by atoms with Crippen LogP contribution in [0.1, 0.15) is 32.6 Å². The van der Waals surface area contributed by atoms with E-state index in [-0.39, 0.29) is 11.8 Å². The highest BCUT2D eigenvalue weighted by molar-refractivity contribution is 7.22. The number of hydrogen-bond donors (Lipinski definition) is 1. The number of piperidine rings is 1. The average molecular weight is 317 g/mol. The van der Waals surface area contributed by atoms with Crippen molar-refractivity contribution in [2.24, 2.45) is 5.92 Å². The number of nitrogens with one attached hydrogen (secondary N) is 1. The molecule has 3 rings (SSSR count). The van der Waals surface area contributed by atoms with Crippen molar-refractivity contribution in [1.29, 1.82) is 0 Å². The number of hydrogen-bond acceptors (Lipinski definition) is 4. The molecular formula is C17H23N3OS. The summed E-state index contributed by atoms with van der Waals surface area (Å²) in [5.74, 6) is 0.303. The van der Waals surface area contributed by atoms with E-state index in [2.05, 4.69) is 23.2 Å². The number of para-hydroxylation sites is 1. The third kappa shape index (κ3) is 3.40. The van der Waals surface area contributed by atoms with Gasteiger partial charge in [0.05, 0.1) is 16.1 Å². The van der Waals surface area contributed by atoms with Gasteiger partial charge in [-0.15, -0.1) is 0 Å². The van der Waals surface area contributed by atoms with Crippen molar-refractivity contribution in [3.8, 4) is 0 Å². The molecule has 1 atom stereocenters. The second-order valence-electron chi connectivity index (χ2n) is 5.89. The number of aromatic nitrogens is 1. The molecule has 1 aliphatic rings. The van der Waals surface area contributed by atoms with Crippen LogP contribution in [0.15, 0.2) is 24.3 Å². The van der Waals surface area contributed by atoms with Crippen LogP contribution < -0.4 is 10.2 Å². The Kier molecular flexibility index (Phi) is 4.93. The summed E-state index contributed by atoms with van der Waals surface area (Å²) < 4.78 is 1.21. The van der Waals surface area contributed by atoms with Gasteiger partial charge in [-0.25, -0.2) is 4.98 Å². The normalized spacial score (nSPS) is 18.6. The van der Waals surface area contributed by atoms with Gasteiger partial charge in [-0.2, -0.15) is 0 Å². The Bertz CT molecular complexity index is 607. The van der Waals surface area contributed by atoms with Crippen molar-refractivity contribution in [3.63, 3.8) is 0 Å². The number of nitrogens with zero attached hydrogens (tertiary/aromatic N) is 2. The van der Waals surface area contributed by atoms with Crippen molar-refractivity contribution in [2.45, 2.75) is 32.6 Å². The molecule has 1 aliphatic heterocycles. The van der Waals surface area contributed by atoms with Crippen LogP contribution in [-0.4, -0.2) is 30.5 Å². The molecule has 0 aliphatic carbocycles. The SMILES string of the molecule is CCCCNC(=O)C1CCCN(c2nc3ccccc3s2)C1. The first-order chi connectivity index (χ1) is 10.8. The number of fused-ring (bicyclic) bond motifs is 1. The lowest BCUT2D eigenvalue weighted by atomic mass is 9.97. The molecule has 1 aromatic carbocycles. The fourth-order valence-electron chi connectivity index (χ4n) is 2.89. The maximum Gasteiger partial charge on any atom is 0.224 e. The standard InChI is InChI=1S/C17H23N3OS/c1-2-3-10-18-16(21)13-7-6-11-20(12-13)17-19-14-8-4-5-9-15(14)22-17/h4-5,8-9,13H,2-3,6-7,10-12H2,1H3,(H,18,21). The summed E-state index contributed by atoms with van der Waals surface area (Å²) in [6.45, 7) is 4.73. The molecule has 1 amide bonds. The number of amides is 1. The second-order valence-corrected chi connectivity index (χ2v) is 6.90. The number of unbranched alkanes of at least 4 members (excludes halogenated alkanes) is 1. The van der Waals surface area contributed by atoms with Gasteiger partial charge in [0, 0.05) is 19.6 Å². The molecule has 1 saturated heterocycles. The number of thiazole rings is 1. The first-order valence-corrected chi connectivity index (χ1v) is 8.98. The van der Waals surface area contributed by atoms with Crippen molar-refractivity contribution < 1.29 is 4.79 Å². The Morgan fingerprint density at radius 1 is 1.45 bits per heavy atom. The van der Waals surface area contributed by atoms with E-state index >= 15 is 0 Å². The van der Waals surface area contributed by atoms with Gasteiger partial charge in [-0.3, -0.25) is 4.79 Å². The van der Waals surface area contributed by atoms with Crippen molar-refractivity contribution in [1.82, 2.24) is 10.3 Å². The second kappa shape index (κ2) is 7.09. The van der Waals surface area contributed by atoms with Gasteiger partial charge in [0.2, 0.25) is 5.91 Å². The molecule has 1 aromatic heterocycles. The molecule has 1 N–H and O–H groups in total. The summed E-state index contributed by atoms with van der Waals surface area (Å²) >= 11 is 1.72. The Hall–Kier alpha value is -1.62. The lowest BCUT2D eigenvalue weighted by Gasteiger charge is -2.31. The topological polar surface area (TPSA) is 45.2 Å². The highest BCUT2D eigenvalue weighted by Gasteiger charge is 2.27. The molecule has 1 fully saturated rings. The Labute approximate surface area is 135 Å². The molecule has 4 nitrogen and oxygen atoms in total. The van der Waals surface area contributed by atoms with E-state index in [9.17, 15) is 4.79 Å². The summed E-state index contributed by atoms with van der Waals surface area (Å²) in [5.41, 5.74) is 1.05. The summed E-state index contributed by atoms with van der Waals surface area (Å²) in [6, 6.07) is 8.22. The van der Waals surface area contributed by atoms with Crippen LogP contribution in [0.5, 0.6) is 0 Å². The van der Waals surface area contributed by atoms with Crippen LogP contribution in [0.25, 0.3) is 10.2 Å². The predicted octanol–water partition coefficient (Wildman–Crippen LogP) is 3.43. The molecule has 0 spiro atoms. The monoisotopic (exact) mass is 317 g/mol. The van der Waals surface area contributed by atoms with E-state index in [0.29, 0.717) is 0 Å². The maximum absolute atomic E-state index is 12.3. The smallest absolute Gasteiger partial charge is 0.224 e. The number of carbonyl (C=O) groups is 1. The summed E-state index contributed by atoms with van der Waals surface area (Å²) in [7, 11) is 0. The van der Waals surface area contributed by atoms with Crippen LogP contribution in [0, 0.1) is 5.92 Å². The largest absolute Gasteiger partial charge is 0.356 e. The first kappa shape index (κ1) is 15.3. The van der Waals surface area contributed by atoms with Crippen LogP contribution in [0.2, 0.25) is 0 Å². The molecule has 0 saturated carbocycles. The van der Waals surface area contributed by atoms with Gasteiger partial charge in [0.25, 0.3) is 0 Å². The number of anilines is 1. The van der Waals surface area contributed by atoms with Gasteiger partial charge < -0.3 is 10.2 Å². The molecule has 2 aromatic rings. The van der Waals surface area contributed by atoms with E-state index in [4.69, 9.17) is 4.98 Å². The molecule has 118 valence electrons.